The number of rotatable bonds is 10. The van der Waals surface area contributed by atoms with Crippen LogP contribution in [-0.4, -0.2) is 24.4 Å². The summed E-state index contributed by atoms with van der Waals surface area (Å²) in [7, 11) is 0. The largest absolute Gasteiger partial charge is 0.352 e. The molecule has 200 valence electrons. The van der Waals surface area contributed by atoms with Gasteiger partial charge in [0.25, 0.3) is 11.1 Å². The van der Waals surface area contributed by atoms with Crippen molar-refractivity contribution in [2.45, 2.75) is 45.3 Å². The van der Waals surface area contributed by atoms with Gasteiger partial charge in [-0.3, -0.25) is 27.9 Å². The molecule has 5 aromatic rings. The first kappa shape index (κ1) is 26.2. The topological polar surface area (TPSA) is 107 Å². The number of hydrogen-bond acceptors (Lipinski definition) is 6. The second-order valence-electron chi connectivity index (χ2n) is 9.19. The molecule has 5 rings (SSSR count). The third-order valence-corrected chi connectivity index (χ3v) is 7.36. The molecule has 0 bridgehead atoms. The summed E-state index contributed by atoms with van der Waals surface area (Å²) in [5.41, 5.74) is 1.18. The van der Waals surface area contributed by atoms with E-state index in [4.69, 9.17) is 0 Å². The Morgan fingerprint density at radius 2 is 1.79 bits per heavy atom. The van der Waals surface area contributed by atoms with Crippen LogP contribution in [0, 0.1) is 5.82 Å². The number of nitrogens with one attached hydrogen (secondary N) is 1. The van der Waals surface area contributed by atoms with Crippen molar-refractivity contribution in [3.63, 3.8) is 0 Å². The molecule has 0 aliphatic heterocycles. The van der Waals surface area contributed by atoms with Gasteiger partial charge in [0.1, 0.15) is 16.2 Å². The molecule has 0 saturated carbocycles. The zero-order valence-electron chi connectivity index (χ0n) is 21.0. The molecule has 0 unspecified atom stereocenters. The molecule has 1 aromatic carbocycles. The van der Waals surface area contributed by atoms with Gasteiger partial charge in [-0.25, -0.2) is 14.2 Å². The van der Waals surface area contributed by atoms with E-state index in [1.165, 1.54) is 43.1 Å². The van der Waals surface area contributed by atoms with E-state index in [1.807, 2.05) is 0 Å². The first-order chi connectivity index (χ1) is 18.9. The number of fused-ring (bicyclic) bond motifs is 2. The smallest absolute Gasteiger partial charge is 0.331 e. The molecule has 9 nitrogen and oxygen atoms in total. The van der Waals surface area contributed by atoms with Gasteiger partial charge in [-0.2, -0.15) is 0 Å². The Bertz CT molecular complexity index is 1820. The molecule has 1 N–H and O–H groups in total. The number of nitrogens with zero attached hydrogens (tertiary/aromatic N) is 4. The van der Waals surface area contributed by atoms with Gasteiger partial charge < -0.3 is 5.32 Å². The third-order valence-electron chi connectivity index (χ3n) is 6.47. The number of hydrogen-bond donors (Lipinski definition) is 1. The lowest BCUT2D eigenvalue weighted by Crippen LogP contribution is -2.40. The van der Waals surface area contributed by atoms with Crippen LogP contribution < -0.4 is 22.1 Å². The number of benzene rings is 1. The van der Waals surface area contributed by atoms with Crippen molar-refractivity contribution in [1.82, 2.24) is 23.8 Å². The lowest BCUT2D eigenvalue weighted by molar-refractivity contribution is -0.121. The van der Waals surface area contributed by atoms with Crippen LogP contribution in [0.1, 0.15) is 36.9 Å². The number of thiophene rings is 1. The van der Waals surface area contributed by atoms with Crippen LogP contribution >= 0.6 is 11.3 Å². The Labute approximate surface area is 225 Å². The first-order valence-electron chi connectivity index (χ1n) is 12.6. The molecule has 0 spiro atoms. The number of carbonyl (C=O) groups is 1. The van der Waals surface area contributed by atoms with Crippen molar-refractivity contribution in [2.75, 3.05) is 0 Å². The Hall–Kier alpha value is -4.38. The Balaban J connectivity index is 1.24. The van der Waals surface area contributed by atoms with Gasteiger partial charge in [0.2, 0.25) is 5.91 Å². The fraction of sp³-hybridized carbons (Fsp3) is 0.250. The Morgan fingerprint density at radius 3 is 2.62 bits per heavy atom. The van der Waals surface area contributed by atoms with Crippen molar-refractivity contribution >= 4 is 33.1 Å². The predicted molar refractivity (Wildman–Crippen MR) is 148 cm³/mol. The van der Waals surface area contributed by atoms with E-state index in [2.05, 4.69) is 10.3 Å². The summed E-state index contributed by atoms with van der Waals surface area (Å²) in [5, 5.41) is 4.57. The fourth-order valence-corrected chi connectivity index (χ4v) is 5.30. The lowest BCUT2D eigenvalue weighted by Gasteiger charge is -2.12. The van der Waals surface area contributed by atoms with Gasteiger partial charge in [-0.1, -0.05) is 24.6 Å². The summed E-state index contributed by atoms with van der Waals surface area (Å²) < 4.78 is 17.6. The maximum atomic E-state index is 13.4. The monoisotopic (exact) mass is 547 g/mol. The van der Waals surface area contributed by atoms with E-state index in [0.29, 0.717) is 53.8 Å². The summed E-state index contributed by atoms with van der Waals surface area (Å²) >= 11 is 1.27. The van der Waals surface area contributed by atoms with Gasteiger partial charge >= 0.3 is 5.69 Å². The molecule has 11 heteroatoms. The van der Waals surface area contributed by atoms with Crippen molar-refractivity contribution < 1.29 is 9.18 Å². The highest BCUT2D eigenvalue weighted by molar-refractivity contribution is 7.17. The van der Waals surface area contributed by atoms with Gasteiger partial charge in [0.05, 0.1) is 17.8 Å². The first-order valence-corrected chi connectivity index (χ1v) is 13.5. The van der Waals surface area contributed by atoms with E-state index in [0.717, 1.165) is 5.56 Å². The molecule has 4 heterocycles. The van der Waals surface area contributed by atoms with Crippen molar-refractivity contribution in [3.05, 3.63) is 114 Å². The van der Waals surface area contributed by atoms with Crippen molar-refractivity contribution in [2.24, 2.45) is 0 Å². The Kier molecular flexibility index (Phi) is 7.78. The second kappa shape index (κ2) is 11.6. The van der Waals surface area contributed by atoms with Crippen LogP contribution in [-0.2, 0) is 24.4 Å². The Morgan fingerprint density at radius 1 is 0.974 bits per heavy atom. The summed E-state index contributed by atoms with van der Waals surface area (Å²) in [6.07, 6.45) is 3.75. The molecule has 0 atom stereocenters. The normalized spacial score (nSPS) is 11.3. The number of unbranched alkanes of at least 4 members (excludes halogenated alkanes) is 2. The number of aromatic nitrogens is 4. The molecular weight excluding hydrogens is 521 g/mol. The maximum Gasteiger partial charge on any atom is 0.331 e. The highest BCUT2D eigenvalue weighted by Gasteiger charge is 2.15. The van der Waals surface area contributed by atoms with Crippen LogP contribution in [0.4, 0.5) is 4.39 Å². The van der Waals surface area contributed by atoms with Gasteiger partial charge in [-0.15, -0.1) is 11.3 Å². The third kappa shape index (κ3) is 5.88. The minimum Gasteiger partial charge on any atom is -0.352 e. The molecule has 4 aromatic heterocycles. The van der Waals surface area contributed by atoms with Crippen LogP contribution in [0.3, 0.4) is 0 Å². The van der Waals surface area contributed by atoms with Crippen LogP contribution in [0.5, 0.6) is 0 Å². The van der Waals surface area contributed by atoms with Crippen LogP contribution in [0.25, 0.3) is 15.9 Å². The van der Waals surface area contributed by atoms with E-state index < -0.39 is 5.69 Å². The fourth-order valence-electron chi connectivity index (χ4n) is 4.45. The summed E-state index contributed by atoms with van der Waals surface area (Å²) in [4.78, 5) is 55.7. The highest BCUT2D eigenvalue weighted by Crippen LogP contribution is 2.16. The highest BCUT2D eigenvalue weighted by atomic mass is 32.1. The summed E-state index contributed by atoms with van der Waals surface area (Å²) in [6, 6.07) is 14.3. The van der Waals surface area contributed by atoms with E-state index in [9.17, 15) is 23.6 Å². The lowest BCUT2D eigenvalue weighted by atomic mass is 10.1. The molecule has 0 aliphatic carbocycles. The average molecular weight is 548 g/mol. The average Bonchev–Trinajstić information content (AvgIpc) is 3.42. The van der Waals surface area contributed by atoms with Gasteiger partial charge in [-0.05, 0) is 54.1 Å². The molecule has 39 heavy (non-hydrogen) atoms. The summed E-state index contributed by atoms with van der Waals surface area (Å²) in [6.45, 7) is 0.602. The van der Waals surface area contributed by atoms with E-state index in [-0.39, 0.29) is 35.9 Å². The maximum absolute atomic E-state index is 13.4. The van der Waals surface area contributed by atoms with E-state index >= 15 is 0 Å². The van der Waals surface area contributed by atoms with Crippen LogP contribution in [0.2, 0.25) is 0 Å². The van der Waals surface area contributed by atoms with Gasteiger partial charge in [0.15, 0.2) is 0 Å². The minimum atomic E-state index is -0.460. The molecular formula is C28H26FN5O4S. The number of carbonyl (C=O) groups excluding carboxylic acids is 1. The standard InChI is InChI=1S/C28H26FN5O4S/c29-20-10-8-19(9-11-20)17-30-24(35)7-2-1-4-14-33-27(37)26-22(12-15-39-26)34(28(33)38)18-21-16-25(36)32-13-5-3-6-23(32)31-21/h3,5-6,8-13,15-16H,1-2,4,7,14,17-18H2,(H,30,35). The molecule has 0 fully saturated rings. The SMILES string of the molecule is O=C(CCCCCn1c(=O)c2sccc2n(Cc2cc(=O)n3ccccc3n2)c1=O)NCc1ccc(F)cc1. The molecule has 0 aliphatic rings. The number of halogens is 1. The van der Waals surface area contributed by atoms with Gasteiger partial charge in [0, 0.05) is 31.8 Å². The number of pyridine rings is 1. The van der Waals surface area contributed by atoms with Crippen LogP contribution in [0.15, 0.2) is 80.6 Å². The van der Waals surface area contributed by atoms with Crippen molar-refractivity contribution in [1.29, 1.82) is 0 Å². The predicted octanol–water partition coefficient (Wildman–Crippen LogP) is 3.30. The summed E-state index contributed by atoms with van der Waals surface area (Å²) in [5.74, 6) is -0.437. The molecule has 1 amide bonds. The minimum absolute atomic E-state index is 0.0568. The van der Waals surface area contributed by atoms with E-state index in [1.54, 1.807) is 48.0 Å². The quantitative estimate of drug-likeness (QED) is 0.270. The zero-order valence-corrected chi connectivity index (χ0v) is 21.8. The molecule has 0 radical (unpaired) electrons. The number of amides is 1. The molecule has 0 saturated heterocycles. The second-order valence-corrected chi connectivity index (χ2v) is 10.1. The van der Waals surface area contributed by atoms with Crippen molar-refractivity contribution in [3.8, 4) is 0 Å². The zero-order chi connectivity index (χ0) is 27.4.